The molecule has 0 spiro atoms. The zero-order valence-electron chi connectivity index (χ0n) is 21.4. The number of hydrogen-bond acceptors (Lipinski definition) is 4. The number of hydrogen-bond donors (Lipinski definition) is 1. The number of carbonyl (C=O) groups is 1. The molecule has 186 valence electrons. The van der Waals surface area contributed by atoms with E-state index in [9.17, 15) is 4.79 Å². The first-order valence-electron chi connectivity index (χ1n) is 12.4. The lowest BCUT2D eigenvalue weighted by atomic mass is 9.96. The maximum absolute atomic E-state index is 12.7. The van der Waals surface area contributed by atoms with Gasteiger partial charge in [-0.25, -0.2) is 0 Å². The Morgan fingerprint density at radius 3 is 2.42 bits per heavy atom. The summed E-state index contributed by atoms with van der Waals surface area (Å²) in [6.07, 6.45) is 4.21. The van der Waals surface area contributed by atoms with Crippen molar-refractivity contribution in [2.45, 2.75) is 34.1 Å². The van der Waals surface area contributed by atoms with E-state index in [-0.39, 0.29) is 5.91 Å². The van der Waals surface area contributed by atoms with Gasteiger partial charge in [0.15, 0.2) is 0 Å². The van der Waals surface area contributed by atoms with Crippen LogP contribution in [0, 0.1) is 6.92 Å². The molecule has 0 saturated carbocycles. The van der Waals surface area contributed by atoms with Gasteiger partial charge < -0.3 is 19.2 Å². The van der Waals surface area contributed by atoms with Crippen molar-refractivity contribution in [1.82, 2.24) is 5.32 Å². The molecular formula is C31H33NO4. The summed E-state index contributed by atoms with van der Waals surface area (Å²) in [7, 11) is 0. The van der Waals surface area contributed by atoms with Crippen molar-refractivity contribution in [2.24, 2.45) is 0 Å². The fourth-order valence-corrected chi connectivity index (χ4v) is 4.36. The van der Waals surface area contributed by atoms with E-state index in [0.29, 0.717) is 19.8 Å². The largest absolute Gasteiger partial charge is 0.494 e. The number of rotatable bonds is 10. The number of ether oxygens (including phenoxy) is 2. The maximum Gasteiger partial charge on any atom is 0.244 e. The van der Waals surface area contributed by atoms with Crippen LogP contribution in [0.4, 0.5) is 0 Å². The maximum atomic E-state index is 12.7. The molecule has 0 aliphatic rings. The van der Waals surface area contributed by atoms with Gasteiger partial charge in [0.1, 0.15) is 17.1 Å². The Bertz CT molecular complexity index is 1350. The molecule has 1 amide bonds. The van der Waals surface area contributed by atoms with Crippen molar-refractivity contribution in [1.29, 1.82) is 0 Å². The molecule has 4 rings (SSSR count). The molecule has 1 N–H and O–H groups in total. The van der Waals surface area contributed by atoms with Crippen LogP contribution in [-0.2, 0) is 11.2 Å². The van der Waals surface area contributed by atoms with Crippen molar-refractivity contribution in [3.63, 3.8) is 0 Å². The van der Waals surface area contributed by atoms with E-state index in [1.165, 1.54) is 5.56 Å². The highest BCUT2D eigenvalue weighted by atomic mass is 16.5. The second kappa shape index (κ2) is 11.6. The van der Waals surface area contributed by atoms with Gasteiger partial charge >= 0.3 is 0 Å². The quantitative estimate of drug-likeness (QED) is 0.248. The van der Waals surface area contributed by atoms with Crippen molar-refractivity contribution in [3.05, 3.63) is 89.7 Å². The van der Waals surface area contributed by atoms with Crippen LogP contribution in [0.2, 0.25) is 0 Å². The lowest BCUT2D eigenvalue weighted by Crippen LogP contribution is -2.23. The van der Waals surface area contributed by atoms with Crippen LogP contribution in [0.5, 0.6) is 11.5 Å². The third-order valence-corrected chi connectivity index (χ3v) is 6.14. The van der Waals surface area contributed by atoms with Crippen LogP contribution >= 0.6 is 0 Å². The second-order valence-electron chi connectivity index (χ2n) is 8.65. The Morgan fingerprint density at radius 2 is 1.72 bits per heavy atom. The van der Waals surface area contributed by atoms with E-state index < -0.39 is 0 Å². The van der Waals surface area contributed by atoms with Gasteiger partial charge in [-0.05, 0) is 69.0 Å². The molecular weight excluding hydrogens is 450 g/mol. The van der Waals surface area contributed by atoms with Gasteiger partial charge in [0, 0.05) is 34.7 Å². The lowest BCUT2D eigenvalue weighted by Gasteiger charge is -2.15. The van der Waals surface area contributed by atoms with E-state index >= 15 is 0 Å². The number of benzene rings is 3. The fourth-order valence-electron chi connectivity index (χ4n) is 4.36. The molecule has 0 atom stereocenters. The van der Waals surface area contributed by atoms with Gasteiger partial charge in [-0.3, -0.25) is 4.79 Å². The number of carbonyl (C=O) groups excluding carboxylic acids is 1. The van der Waals surface area contributed by atoms with Crippen LogP contribution in [-0.4, -0.2) is 25.7 Å². The third kappa shape index (κ3) is 5.62. The van der Waals surface area contributed by atoms with E-state index in [4.69, 9.17) is 13.9 Å². The number of fused-ring (bicyclic) bond motifs is 1. The van der Waals surface area contributed by atoms with Crippen LogP contribution in [0.15, 0.2) is 77.4 Å². The standard InChI is InChI=1S/C31H33NO4/c1-5-34-25-14-12-24(13-15-25)28-20-36-31-22(4)30(35-6-2)26(19-27(28)31)21(3)18-29(33)32-17-16-23-10-8-7-9-11-23/h7-15,18-20H,5-6,16-17H2,1-4H3,(H,32,33)/b21-18+. The molecule has 0 saturated heterocycles. The minimum atomic E-state index is -0.123. The fraction of sp³-hybridized carbons (Fsp3) is 0.258. The predicted octanol–water partition coefficient (Wildman–Crippen LogP) is 6.97. The van der Waals surface area contributed by atoms with Crippen LogP contribution in [0.1, 0.15) is 37.5 Å². The molecule has 1 aromatic heterocycles. The summed E-state index contributed by atoms with van der Waals surface area (Å²) in [6.45, 7) is 9.58. The summed E-state index contributed by atoms with van der Waals surface area (Å²) in [5, 5.41) is 3.98. The normalized spacial score (nSPS) is 11.5. The average molecular weight is 484 g/mol. The number of furan rings is 1. The van der Waals surface area contributed by atoms with Gasteiger partial charge in [-0.1, -0.05) is 42.5 Å². The van der Waals surface area contributed by atoms with Crippen molar-refractivity contribution < 1.29 is 18.7 Å². The first kappa shape index (κ1) is 25.1. The van der Waals surface area contributed by atoms with Crippen molar-refractivity contribution >= 4 is 22.4 Å². The molecule has 0 aliphatic heterocycles. The summed E-state index contributed by atoms with van der Waals surface area (Å²) in [4.78, 5) is 12.7. The molecule has 3 aromatic carbocycles. The zero-order chi connectivity index (χ0) is 25.5. The zero-order valence-corrected chi connectivity index (χ0v) is 21.4. The molecule has 1 heterocycles. The van der Waals surface area contributed by atoms with Gasteiger partial charge in [-0.15, -0.1) is 0 Å². The third-order valence-electron chi connectivity index (χ3n) is 6.14. The van der Waals surface area contributed by atoms with E-state index in [1.54, 1.807) is 12.3 Å². The lowest BCUT2D eigenvalue weighted by molar-refractivity contribution is -0.116. The summed E-state index contributed by atoms with van der Waals surface area (Å²) < 4.78 is 17.6. The Hall–Kier alpha value is -3.99. The predicted molar refractivity (Wildman–Crippen MR) is 146 cm³/mol. The smallest absolute Gasteiger partial charge is 0.244 e. The van der Waals surface area contributed by atoms with Gasteiger partial charge in [0.25, 0.3) is 0 Å². The minimum Gasteiger partial charge on any atom is -0.494 e. The molecule has 36 heavy (non-hydrogen) atoms. The molecule has 4 aromatic rings. The summed E-state index contributed by atoms with van der Waals surface area (Å²) in [5.41, 5.74) is 6.63. The Morgan fingerprint density at radius 1 is 1.00 bits per heavy atom. The molecule has 5 nitrogen and oxygen atoms in total. The Labute approximate surface area is 212 Å². The van der Waals surface area contributed by atoms with Gasteiger partial charge in [0.05, 0.1) is 19.5 Å². The monoisotopic (exact) mass is 483 g/mol. The highest BCUT2D eigenvalue weighted by molar-refractivity contribution is 6.01. The van der Waals surface area contributed by atoms with Crippen LogP contribution in [0.25, 0.3) is 27.7 Å². The van der Waals surface area contributed by atoms with E-state index in [2.05, 4.69) is 23.5 Å². The van der Waals surface area contributed by atoms with E-state index in [0.717, 1.165) is 56.7 Å². The van der Waals surface area contributed by atoms with Crippen molar-refractivity contribution in [3.8, 4) is 22.6 Å². The highest BCUT2D eigenvalue weighted by Crippen LogP contribution is 2.41. The summed E-state index contributed by atoms with van der Waals surface area (Å²) in [6, 6.07) is 20.2. The Balaban J connectivity index is 1.64. The molecule has 0 unspecified atom stereocenters. The first-order valence-corrected chi connectivity index (χ1v) is 12.4. The second-order valence-corrected chi connectivity index (χ2v) is 8.65. The number of amides is 1. The van der Waals surface area contributed by atoms with Gasteiger partial charge in [0.2, 0.25) is 5.91 Å². The highest BCUT2D eigenvalue weighted by Gasteiger charge is 2.19. The van der Waals surface area contributed by atoms with Gasteiger partial charge in [-0.2, -0.15) is 0 Å². The molecule has 5 heteroatoms. The molecule has 0 bridgehead atoms. The number of aryl methyl sites for hydroxylation is 1. The van der Waals surface area contributed by atoms with Crippen molar-refractivity contribution in [2.75, 3.05) is 19.8 Å². The van der Waals surface area contributed by atoms with E-state index in [1.807, 2.05) is 70.2 Å². The number of allylic oxidation sites excluding steroid dienone is 1. The molecule has 0 fully saturated rings. The number of nitrogens with one attached hydrogen (secondary N) is 1. The summed E-state index contributed by atoms with van der Waals surface area (Å²) >= 11 is 0. The van der Waals surface area contributed by atoms with Crippen LogP contribution < -0.4 is 14.8 Å². The topological polar surface area (TPSA) is 60.7 Å². The van der Waals surface area contributed by atoms with Crippen LogP contribution in [0.3, 0.4) is 0 Å². The Kier molecular flexibility index (Phi) is 8.11. The summed E-state index contributed by atoms with van der Waals surface area (Å²) in [5.74, 6) is 1.45. The first-order chi connectivity index (χ1) is 17.5. The average Bonchev–Trinajstić information content (AvgIpc) is 3.31. The molecule has 0 radical (unpaired) electrons. The SMILES string of the molecule is CCOc1ccc(-c2coc3c(C)c(OCC)c(/C(C)=C/C(=O)NCCc4ccccc4)cc23)cc1. The molecule has 0 aliphatic carbocycles. The minimum absolute atomic E-state index is 0.123.